The minimum atomic E-state index is -0.152. The number of benzene rings is 1. The molecule has 1 aliphatic heterocycles. The standard InChI is InChI=1S/C17H21N3O4/c1-22-13-6-4-12(10-14(13)23-2)16-19-18-15-7-5-11(17(21)24-3)8-9-20(15)16/h4,6,10-11H,5,7-9H2,1-3H3. The zero-order valence-electron chi connectivity index (χ0n) is 14.1. The molecule has 24 heavy (non-hydrogen) atoms. The van der Waals surface area contributed by atoms with E-state index in [1.807, 2.05) is 18.2 Å². The first-order chi connectivity index (χ1) is 11.7. The molecule has 0 saturated carbocycles. The number of nitrogens with zero attached hydrogens (tertiary/aromatic N) is 3. The molecule has 1 aliphatic rings. The second kappa shape index (κ2) is 6.90. The third-order valence-electron chi connectivity index (χ3n) is 4.42. The molecule has 0 N–H and O–H groups in total. The van der Waals surface area contributed by atoms with E-state index >= 15 is 0 Å². The van der Waals surface area contributed by atoms with Crippen molar-refractivity contribution >= 4 is 5.97 Å². The molecule has 0 radical (unpaired) electrons. The normalized spacial score (nSPS) is 16.9. The van der Waals surface area contributed by atoms with E-state index in [0.29, 0.717) is 24.5 Å². The monoisotopic (exact) mass is 331 g/mol. The van der Waals surface area contributed by atoms with E-state index in [1.165, 1.54) is 7.11 Å². The van der Waals surface area contributed by atoms with Crippen LogP contribution in [0.5, 0.6) is 11.5 Å². The molecule has 0 amide bonds. The number of rotatable bonds is 4. The van der Waals surface area contributed by atoms with Gasteiger partial charge in [-0.15, -0.1) is 10.2 Å². The molecule has 7 nitrogen and oxygen atoms in total. The van der Waals surface area contributed by atoms with Crippen molar-refractivity contribution in [1.29, 1.82) is 0 Å². The molecule has 128 valence electrons. The third-order valence-corrected chi connectivity index (χ3v) is 4.42. The van der Waals surface area contributed by atoms with Gasteiger partial charge in [-0.1, -0.05) is 0 Å². The van der Waals surface area contributed by atoms with Gasteiger partial charge in [-0.25, -0.2) is 0 Å². The molecule has 0 aliphatic carbocycles. The summed E-state index contributed by atoms with van der Waals surface area (Å²) in [5, 5.41) is 8.63. The van der Waals surface area contributed by atoms with Gasteiger partial charge < -0.3 is 18.8 Å². The summed E-state index contributed by atoms with van der Waals surface area (Å²) in [6, 6.07) is 5.67. The zero-order chi connectivity index (χ0) is 17.1. The van der Waals surface area contributed by atoms with Gasteiger partial charge in [0.25, 0.3) is 0 Å². The second-order valence-corrected chi connectivity index (χ2v) is 5.71. The predicted octanol–water partition coefficient (Wildman–Crippen LogP) is 2.09. The van der Waals surface area contributed by atoms with Crippen LogP contribution in [0, 0.1) is 5.92 Å². The van der Waals surface area contributed by atoms with E-state index in [0.717, 1.165) is 30.1 Å². The number of hydrogen-bond donors (Lipinski definition) is 0. The molecule has 1 aromatic carbocycles. The molecule has 2 aromatic rings. The lowest BCUT2D eigenvalue weighted by Gasteiger charge is -2.12. The zero-order valence-corrected chi connectivity index (χ0v) is 14.1. The Balaban J connectivity index is 1.91. The quantitative estimate of drug-likeness (QED) is 0.799. The van der Waals surface area contributed by atoms with Crippen molar-refractivity contribution in [3.05, 3.63) is 24.0 Å². The first-order valence-corrected chi connectivity index (χ1v) is 7.90. The largest absolute Gasteiger partial charge is 0.493 e. The number of fused-ring (bicyclic) bond motifs is 1. The van der Waals surface area contributed by atoms with Gasteiger partial charge in [0.05, 0.1) is 27.2 Å². The first-order valence-electron chi connectivity index (χ1n) is 7.90. The Hall–Kier alpha value is -2.57. The minimum absolute atomic E-state index is 0.0880. The van der Waals surface area contributed by atoms with Crippen molar-refractivity contribution in [1.82, 2.24) is 14.8 Å². The van der Waals surface area contributed by atoms with Gasteiger partial charge in [0.1, 0.15) is 5.82 Å². The molecule has 1 aromatic heterocycles. The van der Waals surface area contributed by atoms with Crippen LogP contribution in [0.15, 0.2) is 18.2 Å². The van der Waals surface area contributed by atoms with Crippen molar-refractivity contribution in [3.8, 4) is 22.9 Å². The number of esters is 1. The number of ether oxygens (including phenoxy) is 3. The van der Waals surface area contributed by atoms with Gasteiger partial charge in [0, 0.05) is 18.5 Å². The smallest absolute Gasteiger partial charge is 0.308 e. The molecule has 0 bridgehead atoms. The molecule has 1 unspecified atom stereocenters. The molecule has 2 heterocycles. The minimum Gasteiger partial charge on any atom is -0.493 e. The fourth-order valence-electron chi connectivity index (χ4n) is 3.08. The van der Waals surface area contributed by atoms with Crippen LogP contribution in [0.2, 0.25) is 0 Å². The van der Waals surface area contributed by atoms with Crippen molar-refractivity contribution in [2.45, 2.75) is 25.8 Å². The van der Waals surface area contributed by atoms with E-state index in [-0.39, 0.29) is 11.9 Å². The number of hydrogen-bond acceptors (Lipinski definition) is 6. The van der Waals surface area contributed by atoms with E-state index in [2.05, 4.69) is 14.8 Å². The first kappa shape index (κ1) is 16.3. The molecule has 0 spiro atoms. The number of methoxy groups -OCH3 is 3. The summed E-state index contributed by atoms with van der Waals surface area (Å²) in [6.07, 6.45) is 2.16. The van der Waals surface area contributed by atoms with Crippen molar-refractivity contribution in [2.75, 3.05) is 21.3 Å². The highest BCUT2D eigenvalue weighted by Gasteiger charge is 2.26. The molecule has 7 heteroatoms. The van der Waals surface area contributed by atoms with Gasteiger partial charge in [-0.3, -0.25) is 4.79 Å². The topological polar surface area (TPSA) is 75.5 Å². The fraction of sp³-hybridized carbons (Fsp3) is 0.471. The molecule has 3 rings (SSSR count). The van der Waals surface area contributed by atoms with Crippen LogP contribution in [-0.2, 0) is 22.5 Å². The summed E-state index contributed by atoms with van der Waals surface area (Å²) in [4.78, 5) is 11.8. The molecular formula is C17H21N3O4. The lowest BCUT2D eigenvalue weighted by Crippen LogP contribution is -2.16. The summed E-state index contributed by atoms with van der Waals surface area (Å²) in [5.41, 5.74) is 0.905. The molecular weight excluding hydrogens is 310 g/mol. The third kappa shape index (κ3) is 2.93. The summed E-state index contributed by atoms with van der Waals surface area (Å²) < 4.78 is 17.6. The number of carbonyl (C=O) groups excluding carboxylic acids is 1. The van der Waals surface area contributed by atoms with Gasteiger partial charge in [0.2, 0.25) is 0 Å². The van der Waals surface area contributed by atoms with E-state index < -0.39 is 0 Å². The highest BCUT2D eigenvalue weighted by atomic mass is 16.5. The Labute approximate surface area is 140 Å². The lowest BCUT2D eigenvalue weighted by molar-refractivity contribution is -0.145. The maximum Gasteiger partial charge on any atom is 0.308 e. The Bertz CT molecular complexity index is 741. The van der Waals surface area contributed by atoms with Crippen LogP contribution in [0.4, 0.5) is 0 Å². The summed E-state index contributed by atoms with van der Waals surface area (Å²) in [7, 11) is 4.64. The Morgan fingerprint density at radius 2 is 1.92 bits per heavy atom. The van der Waals surface area contributed by atoms with E-state index in [9.17, 15) is 4.79 Å². The van der Waals surface area contributed by atoms with Gasteiger partial charge in [-0.2, -0.15) is 0 Å². The van der Waals surface area contributed by atoms with Crippen LogP contribution in [0.3, 0.4) is 0 Å². The van der Waals surface area contributed by atoms with E-state index in [1.54, 1.807) is 14.2 Å². The molecule has 0 fully saturated rings. The van der Waals surface area contributed by atoms with Crippen molar-refractivity contribution < 1.29 is 19.0 Å². The Morgan fingerprint density at radius 1 is 1.12 bits per heavy atom. The summed E-state index contributed by atoms with van der Waals surface area (Å²) >= 11 is 0. The SMILES string of the molecule is COC(=O)C1CCc2nnc(-c3ccc(OC)c(OC)c3)n2CC1. The maximum atomic E-state index is 11.8. The summed E-state index contributed by atoms with van der Waals surface area (Å²) in [5.74, 6) is 2.75. The summed E-state index contributed by atoms with van der Waals surface area (Å²) in [6.45, 7) is 0.686. The van der Waals surface area contributed by atoms with Gasteiger partial charge in [0.15, 0.2) is 17.3 Å². The van der Waals surface area contributed by atoms with Crippen LogP contribution in [0.25, 0.3) is 11.4 Å². The van der Waals surface area contributed by atoms with Gasteiger partial charge >= 0.3 is 5.97 Å². The highest BCUT2D eigenvalue weighted by molar-refractivity contribution is 5.72. The van der Waals surface area contributed by atoms with Crippen molar-refractivity contribution in [3.63, 3.8) is 0 Å². The van der Waals surface area contributed by atoms with Gasteiger partial charge in [-0.05, 0) is 31.0 Å². The number of carbonyl (C=O) groups is 1. The van der Waals surface area contributed by atoms with Crippen LogP contribution in [-0.4, -0.2) is 42.1 Å². The molecule has 1 atom stereocenters. The van der Waals surface area contributed by atoms with E-state index in [4.69, 9.17) is 14.2 Å². The highest BCUT2D eigenvalue weighted by Crippen LogP contribution is 2.33. The van der Waals surface area contributed by atoms with Crippen LogP contribution in [0.1, 0.15) is 18.7 Å². The second-order valence-electron chi connectivity index (χ2n) is 5.71. The average molecular weight is 331 g/mol. The molecule has 0 saturated heterocycles. The lowest BCUT2D eigenvalue weighted by atomic mass is 10.0. The maximum absolute atomic E-state index is 11.8. The fourth-order valence-corrected chi connectivity index (χ4v) is 3.08. The number of aryl methyl sites for hydroxylation is 1. The Morgan fingerprint density at radius 3 is 2.62 bits per heavy atom. The predicted molar refractivity (Wildman–Crippen MR) is 87.0 cm³/mol. The van der Waals surface area contributed by atoms with Crippen molar-refractivity contribution in [2.24, 2.45) is 5.92 Å². The van der Waals surface area contributed by atoms with Crippen LogP contribution < -0.4 is 9.47 Å². The van der Waals surface area contributed by atoms with Crippen LogP contribution >= 0.6 is 0 Å². The average Bonchev–Trinajstić information content (AvgIpc) is 2.91. The Kier molecular flexibility index (Phi) is 4.69. The number of aromatic nitrogens is 3.